The number of anilines is 1. The van der Waals surface area contributed by atoms with E-state index in [4.69, 9.17) is 5.73 Å². The fourth-order valence-corrected chi connectivity index (χ4v) is 3.10. The van der Waals surface area contributed by atoms with Gasteiger partial charge in [0.25, 0.3) is 0 Å². The molecule has 3 nitrogen and oxygen atoms in total. The van der Waals surface area contributed by atoms with Crippen molar-refractivity contribution in [2.75, 3.05) is 5.73 Å². The molecule has 0 saturated heterocycles. The molecule has 1 aromatic carbocycles. The van der Waals surface area contributed by atoms with Crippen LogP contribution in [-0.2, 0) is 12.3 Å². The average Bonchev–Trinajstić information content (AvgIpc) is 2.68. The lowest BCUT2D eigenvalue weighted by Crippen LogP contribution is -2.01. The summed E-state index contributed by atoms with van der Waals surface area (Å²) in [5.41, 5.74) is 9.11. The second kappa shape index (κ2) is 5.80. The summed E-state index contributed by atoms with van der Waals surface area (Å²) < 4.78 is 3.05. The topological polar surface area (TPSA) is 43.8 Å². The van der Waals surface area contributed by atoms with Crippen LogP contribution in [0.3, 0.4) is 0 Å². The second-order valence-electron chi connectivity index (χ2n) is 4.06. The molecule has 0 aliphatic carbocycles. The smallest absolute Gasteiger partial charge is 0.0596 e. The Morgan fingerprint density at radius 3 is 2.83 bits per heavy atom. The third-order valence-corrected chi connectivity index (χ3v) is 4.25. The molecular weight excluding hydrogens is 310 g/mol. The molecule has 5 heteroatoms. The quantitative estimate of drug-likeness (QED) is 0.686. The first-order chi connectivity index (χ1) is 8.60. The normalized spacial score (nSPS) is 10.8. The zero-order valence-electron chi connectivity index (χ0n) is 10.5. The van der Waals surface area contributed by atoms with E-state index in [-0.39, 0.29) is 0 Å². The highest BCUT2D eigenvalue weighted by Gasteiger charge is 2.06. The minimum atomic E-state index is 0.814. The summed E-state index contributed by atoms with van der Waals surface area (Å²) in [7, 11) is 0. The molecule has 0 aliphatic rings. The molecule has 2 rings (SSSR count). The van der Waals surface area contributed by atoms with Crippen molar-refractivity contribution in [3.8, 4) is 0 Å². The van der Waals surface area contributed by atoms with Crippen LogP contribution in [0.2, 0.25) is 0 Å². The van der Waals surface area contributed by atoms with Crippen molar-refractivity contribution in [1.82, 2.24) is 9.78 Å². The van der Waals surface area contributed by atoms with Crippen LogP contribution in [-0.4, -0.2) is 9.78 Å². The Hall–Kier alpha value is -0.940. The molecule has 1 aromatic heterocycles. The van der Waals surface area contributed by atoms with E-state index in [1.807, 2.05) is 29.8 Å². The maximum atomic E-state index is 5.99. The summed E-state index contributed by atoms with van der Waals surface area (Å²) in [6, 6.07) is 8.13. The van der Waals surface area contributed by atoms with Crippen LogP contribution >= 0.6 is 27.7 Å². The largest absolute Gasteiger partial charge is 0.398 e. The molecule has 0 bridgehead atoms. The maximum absolute atomic E-state index is 5.99. The van der Waals surface area contributed by atoms with Crippen LogP contribution in [0, 0.1) is 6.92 Å². The highest BCUT2D eigenvalue weighted by Crippen LogP contribution is 2.30. The van der Waals surface area contributed by atoms with E-state index in [0.29, 0.717) is 0 Å². The van der Waals surface area contributed by atoms with Gasteiger partial charge in [0.1, 0.15) is 0 Å². The zero-order valence-corrected chi connectivity index (χ0v) is 12.9. The van der Waals surface area contributed by atoms with E-state index in [0.717, 1.165) is 33.0 Å². The third kappa shape index (κ3) is 3.09. The molecule has 0 radical (unpaired) electrons. The van der Waals surface area contributed by atoms with Crippen molar-refractivity contribution in [1.29, 1.82) is 0 Å². The molecule has 0 amide bonds. The van der Waals surface area contributed by atoms with E-state index >= 15 is 0 Å². The number of nitrogens with two attached hydrogens (primary N) is 1. The monoisotopic (exact) mass is 325 g/mol. The Morgan fingerprint density at radius 1 is 1.39 bits per heavy atom. The number of nitrogens with zero attached hydrogens (tertiary/aromatic N) is 2. The second-order valence-corrected chi connectivity index (χ2v) is 6.00. The van der Waals surface area contributed by atoms with Gasteiger partial charge in [-0.1, -0.05) is 15.9 Å². The minimum Gasteiger partial charge on any atom is -0.398 e. The summed E-state index contributed by atoms with van der Waals surface area (Å²) in [6.07, 6.45) is 0. The number of hydrogen-bond acceptors (Lipinski definition) is 3. The van der Waals surface area contributed by atoms with Gasteiger partial charge in [-0.2, -0.15) is 5.10 Å². The van der Waals surface area contributed by atoms with Crippen molar-refractivity contribution in [2.24, 2.45) is 0 Å². The van der Waals surface area contributed by atoms with Crippen LogP contribution in [0.5, 0.6) is 0 Å². The van der Waals surface area contributed by atoms with E-state index in [9.17, 15) is 0 Å². The number of hydrogen-bond donors (Lipinski definition) is 1. The van der Waals surface area contributed by atoms with E-state index in [2.05, 4.69) is 34.0 Å². The molecule has 96 valence electrons. The Morgan fingerprint density at radius 2 is 2.17 bits per heavy atom. The molecule has 0 atom stereocenters. The van der Waals surface area contributed by atoms with Crippen molar-refractivity contribution < 1.29 is 0 Å². The standard InChI is InChI=1S/C13H16BrN3S/c1-3-17-11(6-9(2)16-17)8-18-13-5-4-10(14)7-12(13)15/h4-7H,3,8,15H2,1-2H3. The van der Waals surface area contributed by atoms with Gasteiger partial charge in [-0.25, -0.2) is 0 Å². The van der Waals surface area contributed by atoms with Gasteiger partial charge in [0.2, 0.25) is 0 Å². The summed E-state index contributed by atoms with van der Waals surface area (Å²) in [5.74, 6) is 0.889. The molecule has 0 unspecified atom stereocenters. The van der Waals surface area contributed by atoms with Gasteiger partial charge in [-0.3, -0.25) is 4.68 Å². The van der Waals surface area contributed by atoms with Gasteiger partial charge >= 0.3 is 0 Å². The minimum absolute atomic E-state index is 0.814. The molecule has 1 heterocycles. The van der Waals surface area contributed by atoms with Crippen LogP contribution < -0.4 is 5.73 Å². The summed E-state index contributed by atoms with van der Waals surface area (Å²) in [6.45, 7) is 5.03. The SMILES string of the molecule is CCn1nc(C)cc1CSc1ccc(Br)cc1N. The lowest BCUT2D eigenvalue weighted by atomic mass is 10.3. The molecule has 2 N–H and O–H groups in total. The van der Waals surface area contributed by atoms with Crippen LogP contribution in [0.15, 0.2) is 33.6 Å². The first-order valence-corrected chi connectivity index (χ1v) is 7.59. The Balaban J connectivity index is 2.11. The zero-order chi connectivity index (χ0) is 13.1. The predicted octanol–water partition coefficient (Wildman–Crippen LogP) is 3.85. The molecular formula is C13H16BrN3S. The Bertz CT molecular complexity index is 551. The van der Waals surface area contributed by atoms with Gasteiger partial charge in [0, 0.05) is 33.0 Å². The number of rotatable bonds is 4. The molecule has 18 heavy (non-hydrogen) atoms. The number of halogens is 1. The van der Waals surface area contributed by atoms with Crippen LogP contribution in [0.4, 0.5) is 5.69 Å². The van der Waals surface area contributed by atoms with Gasteiger partial charge in [-0.05, 0) is 38.1 Å². The number of thioether (sulfide) groups is 1. The van der Waals surface area contributed by atoms with Crippen LogP contribution in [0.25, 0.3) is 0 Å². The van der Waals surface area contributed by atoms with Gasteiger partial charge in [0.15, 0.2) is 0 Å². The van der Waals surface area contributed by atoms with Crippen molar-refractivity contribution in [3.05, 3.63) is 40.1 Å². The number of nitrogen functional groups attached to an aromatic ring is 1. The van der Waals surface area contributed by atoms with Crippen molar-refractivity contribution >= 4 is 33.4 Å². The first kappa shape index (κ1) is 13.5. The summed E-state index contributed by atoms with van der Waals surface area (Å²) in [5, 5.41) is 4.44. The third-order valence-electron chi connectivity index (χ3n) is 2.63. The first-order valence-electron chi connectivity index (χ1n) is 5.81. The van der Waals surface area contributed by atoms with E-state index in [1.54, 1.807) is 11.8 Å². The lowest BCUT2D eigenvalue weighted by Gasteiger charge is -2.07. The maximum Gasteiger partial charge on any atom is 0.0596 e. The van der Waals surface area contributed by atoms with Crippen molar-refractivity contribution in [2.45, 2.75) is 31.0 Å². The molecule has 0 saturated carbocycles. The highest BCUT2D eigenvalue weighted by atomic mass is 79.9. The van der Waals surface area contributed by atoms with E-state index in [1.165, 1.54) is 5.69 Å². The molecule has 2 aromatic rings. The number of aryl methyl sites for hydroxylation is 2. The van der Waals surface area contributed by atoms with Crippen LogP contribution in [0.1, 0.15) is 18.3 Å². The van der Waals surface area contributed by atoms with Gasteiger partial charge in [-0.15, -0.1) is 11.8 Å². The summed E-state index contributed by atoms with van der Waals surface area (Å²) >= 11 is 5.16. The highest BCUT2D eigenvalue weighted by molar-refractivity contribution is 9.10. The number of benzene rings is 1. The Labute approximate surface area is 120 Å². The average molecular weight is 326 g/mol. The van der Waals surface area contributed by atoms with E-state index < -0.39 is 0 Å². The van der Waals surface area contributed by atoms with Gasteiger partial charge < -0.3 is 5.73 Å². The molecule has 0 fully saturated rings. The van der Waals surface area contributed by atoms with Crippen molar-refractivity contribution in [3.63, 3.8) is 0 Å². The molecule has 0 aliphatic heterocycles. The summed E-state index contributed by atoms with van der Waals surface area (Å²) in [4.78, 5) is 1.11. The Kier molecular flexibility index (Phi) is 4.35. The lowest BCUT2D eigenvalue weighted by molar-refractivity contribution is 0.632. The number of aromatic nitrogens is 2. The fraction of sp³-hybridized carbons (Fsp3) is 0.308. The fourth-order valence-electron chi connectivity index (χ4n) is 1.79. The molecule has 0 spiro atoms. The van der Waals surface area contributed by atoms with Gasteiger partial charge in [0.05, 0.1) is 5.69 Å². The predicted molar refractivity (Wildman–Crippen MR) is 80.8 cm³/mol.